The molecule has 0 amide bonds. The molecule has 0 bridgehead atoms. The molecule has 1 aromatic rings. The van der Waals surface area contributed by atoms with Crippen LogP contribution < -0.4 is 0 Å². The van der Waals surface area contributed by atoms with Crippen LogP contribution in [0.25, 0.3) is 0 Å². The van der Waals surface area contributed by atoms with Crippen molar-refractivity contribution in [1.82, 2.24) is 4.98 Å². The highest BCUT2D eigenvalue weighted by Crippen LogP contribution is 2.18. The third kappa shape index (κ3) is 2.28. The molecule has 0 aliphatic rings. The normalized spacial score (nSPS) is 12.8. The Kier molecular flexibility index (Phi) is 2.78. The molecule has 0 fully saturated rings. The number of hydrogen-bond donors (Lipinski definition) is 2. The van der Waals surface area contributed by atoms with Crippen LogP contribution in [0.4, 0.5) is 0 Å². The molecule has 4 nitrogen and oxygen atoms in total. The van der Waals surface area contributed by atoms with Gasteiger partial charge in [0, 0.05) is 5.38 Å². The zero-order valence-corrected chi connectivity index (χ0v) is 7.34. The first-order valence-electron chi connectivity index (χ1n) is 3.41. The van der Waals surface area contributed by atoms with Gasteiger partial charge < -0.3 is 10.2 Å². The number of carboxylic acids is 1. The molecule has 1 rings (SSSR count). The molecule has 1 atom stereocenters. The predicted molar refractivity (Wildman–Crippen MR) is 44.1 cm³/mol. The fourth-order valence-corrected chi connectivity index (χ4v) is 1.46. The van der Waals surface area contributed by atoms with Gasteiger partial charge in [0.2, 0.25) is 0 Å². The maximum absolute atomic E-state index is 10.2. The van der Waals surface area contributed by atoms with Gasteiger partial charge in [0.15, 0.2) is 0 Å². The van der Waals surface area contributed by atoms with Crippen LogP contribution in [-0.4, -0.2) is 21.2 Å². The number of aliphatic carboxylic acids is 1. The standard InChI is InChI=1S/C7H9NO3S/c1-4-8-5(3-12-4)6(9)2-7(10)11/h3,6,9H,2H2,1H3,(H,10,11)/t6-/m1/s1. The van der Waals surface area contributed by atoms with E-state index < -0.39 is 12.1 Å². The van der Waals surface area contributed by atoms with E-state index in [4.69, 9.17) is 5.11 Å². The average molecular weight is 187 g/mol. The lowest BCUT2D eigenvalue weighted by Crippen LogP contribution is -2.05. The Hall–Kier alpha value is -0.940. The second kappa shape index (κ2) is 3.64. The highest BCUT2D eigenvalue weighted by atomic mass is 32.1. The van der Waals surface area contributed by atoms with Gasteiger partial charge in [-0.2, -0.15) is 0 Å². The fraction of sp³-hybridized carbons (Fsp3) is 0.429. The van der Waals surface area contributed by atoms with E-state index in [1.807, 2.05) is 6.92 Å². The third-order valence-corrected chi connectivity index (χ3v) is 2.14. The lowest BCUT2D eigenvalue weighted by Gasteiger charge is -2.02. The molecule has 0 saturated carbocycles. The van der Waals surface area contributed by atoms with Crippen LogP contribution in [0.2, 0.25) is 0 Å². The summed E-state index contributed by atoms with van der Waals surface area (Å²) in [7, 11) is 0. The van der Waals surface area contributed by atoms with Gasteiger partial charge in [-0.15, -0.1) is 11.3 Å². The molecule has 2 N–H and O–H groups in total. The van der Waals surface area contributed by atoms with Crippen molar-refractivity contribution in [2.45, 2.75) is 19.4 Å². The number of carbonyl (C=O) groups is 1. The van der Waals surface area contributed by atoms with Gasteiger partial charge in [0.25, 0.3) is 0 Å². The topological polar surface area (TPSA) is 70.4 Å². The summed E-state index contributed by atoms with van der Waals surface area (Å²) in [6.07, 6.45) is -1.27. The number of aryl methyl sites for hydroxylation is 1. The first-order chi connectivity index (χ1) is 5.59. The van der Waals surface area contributed by atoms with Crippen LogP contribution in [0.1, 0.15) is 23.2 Å². The summed E-state index contributed by atoms with van der Waals surface area (Å²) in [5, 5.41) is 20.1. The second-order valence-corrected chi connectivity index (χ2v) is 3.47. The van der Waals surface area contributed by atoms with Crippen molar-refractivity contribution in [1.29, 1.82) is 0 Å². The van der Waals surface area contributed by atoms with Crippen LogP contribution in [0, 0.1) is 6.92 Å². The van der Waals surface area contributed by atoms with Crippen LogP contribution in [0.5, 0.6) is 0 Å². The summed E-state index contributed by atoms with van der Waals surface area (Å²) < 4.78 is 0. The number of aromatic nitrogens is 1. The van der Waals surface area contributed by atoms with Crippen molar-refractivity contribution in [2.24, 2.45) is 0 Å². The van der Waals surface area contributed by atoms with E-state index in [2.05, 4.69) is 4.98 Å². The Morgan fingerprint density at radius 3 is 2.92 bits per heavy atom. The summed E-state index contributed by atoms with van der Waals surface area (Å²) in [5.41, 5.74) is 0.444. The zero-order chi connectivity index (χ0) is 9.14. The number of carboxylic acid groups (broad SMARTS) is 1. The highest BCUT2D eigenvalue weighted by molar-refractivity contribution is 7.09. The monoisotopic (exact) mass is 187 g/mol. The Balaban J connectivity index is 2.64. The van der Waals surface area contributed by atoms with E-state index >= 15 is 0 Å². The number of aliphatic hydroxyl groups is 1. The van der Waals surface area contributed by atoms with Gasteiger partial charge >= 0.3 is 5.97 Å². The molecular weight excluding hydrogens is 178 g/mol. The first-order valence-corrected chi connectivity index (χ1v) is 4.29. The number of aliphatic hydroxyl groups excluding tert-OH is 1. The molecule has 0 spiro atoms. The van der Waals surface area contributed by atoms with Gasteiger partial charge in [0.05, 0.1) is 17.1 Å². The molecule has 0 aromatic carbocycles. The summed E-state index contributed by atoms with van der Waals surface area (Å²) in [5.74, 6) is -1.02. The van der Waals surface area contributed by atoms with E-state index in [9.17, 15) is 9.90 Å². The minimum absolute atomic E-state index is 0.289. The van der Waals surface area contributed by atoms with Crippen LogP contribution in [0.15, 0.2) is 5.38 Å². The van der Waals surface area contributed by atoms with Gasteiger partial charge in [-0.3, -0.25) is 4.79 Å². The summed E-state index contributed by atoms with van der Waals surface area (Å²) in [6, 6.07) is 0. The molecule has 5 heteroatoms. The molecule has 1 aromatic heterocycles. The molecule has 0 aliphatic carbocycles. The van der Waals surface area contributed by atoms with Gasteiger partial charge in [-0.1, -0.05) is 0 Å². The van der Waals surface area contributed by atoms with Gasteiger partial charge in [-0.05, 0) is 6.92 Å². The fourth-order valence-electron chi connectivity index (χ4n) is 0.803. The number of nitrogens with zero attached hydrogens (tertiary/aromatic N) is 1. The molecule has 0 radical (unpaired) electrons. The molecule has 0 saturated heterocycles. The SMILES string of the molecule is Cc1nc([C@H](O)CC(=O)O)cs1. The van der Waals surface area contributed by atoms with E-state index in [0.717, 1.165) is 5.01 Å². The summed E-state index contributed by atoms with van der Waals surface area (Å²) >= 11 is 1.40. The largest absolute Gasteiger partial charge is 0.481 e. The molecule has 0 aliphatic heterocycles. The predicted octanol–water partition coefficient (Wildman–Crippen LogP) is 0.960. The quantitative estimate of drug-likeness (QED) is 0.739. The number of thiazole rings is 1. The smallest absolute Gasteiger partial charge is 0.306 e. The molecule has 66 valence electrons. The van der Waals surface area contributed by atoms with Crippen molar-refractivity contribution >= 4 is 17.3 Å². The first kappa shape index (κ1) is 9.15. The minimum atomic E-state index is -1.02. The summed E-state index contributed by atoms with van der Waals surface area (Å²) in [4.78, 5) is 14.2. The number of rotatable bonds is 3. The molecule has 0 unspecified atom stereocenters. The van der Waals surface area contributed by atoms with Crippen molar-refractivity contribution in [2.75, 3.05) is 0 Å². The van der Waals surface area contributed by atoms with E-state index in [1.54, 1.807) is 5.38 Å². The summed E-state index contributed by atoms with van der Waals surface area (Å²) in [6.45, 7) is 1.81. The van der Waals surface area contributed by atoms with Crippen LogP contribution >= 0.6 is 11.3 Å². The Bertz CT molecular complexity index is 284. The van der Waals surface area contributed by atoms with Crippen molar-refractivity contribution in [3.8, 4) is 0 Å². The van der Waals surface area contributed by atoms with E-state index in [1.165, 1.54) is 11.3 Å². The average Bonchev–Trinajstić information content (AvgIpc) is 2.34. The minimum Gasteiger partial charge on any atom is -0.481 e. The van der Waals surface area contributed by atoms with Gasteiger partial charge in [0.1, 0.15) is 6.10 Å². The van der Waals surface area contributed by atoms with Crippen LogP contribution in [-0.2, 0) is 4.79 Å². The Morgan fingerprint density at radius 2 is 2.50 bits per heavy atom. The van der Waals surface area contributed by atoms with Crippen molar-refractivity contribution in [3.05, 3.63) is 16.1 Å². The second-order valence-electron chi connectivity index (χ2n) is 2.41. The lowest BCUT2D eigenvalue weighted by molar-refractivity contribution is -0.139. The lowest BCUT2D eigenvalue weighted by atomic mass is 10.2. The number of hydrogen-bond acceptors (Lipinski definition) is 4. The molecular formula is C7H9NO3S. The molecule has 1 heterocycles. The van der Waals surface area contributed by atoms with Crippen molar-refractivity contribution in [3.63, 3.8) is 0 Å². The highest BCUT2D eigenvalue weighted by Gasteiger charge is 2.14. The van der Waals surface area contributed by atoms with Crippen LogP contribution in [0.3, 0.4) is 0 Å². The van der Waals surface area contributed by atoms with Gasteiger partial charge in [-0.25, -0.2) is 4.98 Å². The van der Waals surface area contributed by atoms with E-state index in [-0.39, 0.29) is 6.42 Å². The Labute approximate surface area is 73.5 Å². The molecule has 12 heavy (non-hydrogen) atoms. The third-order valence-electron chi connectivity index (χ3n) is 1.35. The maximum Gasteiger partial charge on any atom is 0.306 e. The van der Waals surface area contributed by atoms with Crippen molar-refractivity contribution < 1.29 is 15.0 Å². The Morgan fingerprint density at radius 1 is 1.83 bits per heavy atom. The van der Waals surface area contributed by atoms with E-state index in [0.29, 0.717) is 5.69 Å². The maximum atomic E-state index is 10.2. The zero-order valence-electron chi connectivity index (χ0n) is 6.52.